The molecule has 0 radical (unpaired) electrons. The number of amides is 2. The highest BCUT2D eigenvalue weighted by Gasteiger charge is 2.32. The lowest BCUT2D eigenvalue weighted by Gasteiger charge is -2.38. The molecule has 1 heterocycles. The third kappa shape index (κ3) is 4.74. The molecule has 0 aromatic rings. The lowest BCUT2D eigenvalue weighted by atomic mass is 10.1. The summed E-state index contributed by atoms with van der Waals surface area (Å²) >= 11 is 0. The van der Waals surface area contributed by atoms with Crippen molar-refractivity contribution >= 4 is 18.0 Å². The topological polar surface area (TPSA) is 116 Å². The molecule has 0 aliphatic carbocycles. The van der Waals surface area contributed by atoms with Crippen LogP contribution in [0.5, 0.6) is 0 Å². The van der Waals surface area contributed by atoms with Gasteiger partial charge in [-0.1, -0.05) is 0 Å². The number of ether oxygens (including phenoxy) is 1. The molecule has 8 nitrogen and oxygen atoms in total. The van der Waals surface area contributed by atoms with Gasteiger partial charge in [-0.2, -0.15) is 0 Å². The SMILES string of the molecule is CC1(C)CN(C(=O)NC(CC(=O)O)C(=O)O)CCO1. The van der Waals surface area contributed by atoms with Crippen LogP contribution in [0.25, 0.3) is 0 Å². The van der Waals surface area contributed by atoms with Crippen molar-refractivity contribution in [2.75, 3.05) is 19.7 Å². The van der Waals surface area contributed by atoms with E-state index in [0.717, 1.165) is 0 Å². The van der Waals surface area contributed by atoms with Crippen molar-refractivity contribution < 1.29 is 29.3 Å². The van der Waals surface area contributed by atoms with Crippen LogP contribution in [0.15, 0.2) is 0 Å². The number of nitrogens with one attached hydrogen (secondary N) is 1. The molecule has 1 saturated heterocycles. The first-order valence-electron chi connectivity index (χ1n) is 5.85. The summed E-state index contributed by atoms with van der Waals surface area (Å²) in [6.45, 7) is 4.65. The lowest BCUT2D eigenvalue weighted by Crippen LogP contribution is -2.56. The Bertz CT molecular complexity index is 381. The van der Waals surface area contributed by atoms with Crippen molar-refractivity contribution in [3.05, 3.63) is 0 Å². The molecule has 0 bridgehead atoms. The average molecular weight is 274 g/mol. The number of hydrogen-bond acceptors (Lipinski definition) is 4. The van der Waals surface area contributed by atoms with Crippen LogP contribution in [-0.4, -0.2) is 64.4 Å². The van der Waals surface area contributed by atoms with Gasteiger partial charge in [0.1, 0.15) is 6.04 Å². The van der Waals surface area contributed by atoms with Crippen molar-refractivity contribution in [3.8, 4) is 0 Å². The molecule has 0 saturated carbocycles. The van der Waals surface area contributed by atoms with Gasteiger partial charge in [-0.05, 0) is 13.8 Å². The minimum Gasteiger partial charge on any atom is -0.481 e. The first kappa shape index (κ1) is 15.2. The average Bonchev–Trinajstić information content (AvgIpc) is 2.25. The van der Waals surface area contributed by atoms with E-state index in [1.165, 1.54) is 4.90 Å². The summed E-state index contributed by atoms with van der Waals surface area (Å²) in [7, 11) is 0. The van der Waals surface area contributed by atoms with Crippen molar-refractivity contribution in [3.63, 3.8) is 0 Å². The minimum absolute atomic E-state index is 0.318. The molecule has 0 aromatic heterocycles. The molecule has 8 heteroatoms. The number of hydrogen-bond donors (Lipinski definition) is 3. The maximum atomic E-state index is 11.9. The minimum atomic E-state index is -1.43. The number of rotatable bonds is 4. The van der Waals surface area contributed by atoms with E-state index in [-0.39, 0.29) is 0 Å². The molecule has 1 fully saturated rings. The van der Waals surface area contributed by atoms with Crippen LogP contribution in [-0.2, 0) is 14.3 Å². The predicted octanol–water partition coefficient (Wildman–Crippen LogP) is -0.265. The number of carboxylic acids is 2. The third-order valence-corrected chi connectivity index (χ3v) is 2.69. The molecule has 3 N–H and O–H groups in total. The van der Waals surface area contributed by atoms with Crippen molar-refractivity contribution in [1.29, 1.82) is 0 Å². The zero-order chi connectivity index (χ0) is 14.6. The van der Waals surface area contributed by atoms with Gasteiger partial charge in [0.15, 0.2) is 0 Å². The highest BCUT2D eigenvalue weighted by Crippen LogP contribution is 2.16. The quantitative estimate of drug-likeness (QED) is 0.650. The number of carboxylic acid groups (broad SMARTS) is 2. The summed E-state index contributed by atoms with van der Waals surface area (Å²) in [5.74, 6) is -2.65. The molecule has 1 atom stereocenters. The summed E-state index contributed by atoms with van der Waals surface area (Å²) in [5.41, 5.74) is -0.499. The van der Waals surface area contributed by atoms with E-state index in [1.54, 1.807) is 0 Å². The highest BCUT2D eigenvalue weighted by molar-refractivity contribution is 5.86. The van der Waals surface area contributed by atoms with Gasteiger partial charge in [0.25, 0.3) is 0 Å². The standard InChI is InChI=1S/C11H18N2O6/c1-11(2)6-13(3-4-19-11)10(18)12-7(9(16)17)5-8(14)15/h7H,3-6H2,1-2H3,(H,12,18)(H,14,15)(H,16,17). The zero-order valence-corrected chi connectivity index (χ0v) is 10.9. The Labute approximate surface area is 110 Å². The molecule has 1 aliphatic heterocycles. The van der Waals surface area contributed by atoms with Crippen LogP contribution in [0.1, 0.15) is 20.3 Å². The number of morpholine rings is 1. The Morgan fingerprint density at radius 1 is 1.37 bits per heavy atom. The number of carbonyl (C=O) groups is 3. The molecule has 0 spiro atoms. The first-order valence-corrected chi connectivity index (χ1v) is 5.85. The second kappa shape index (κ2) is 5.87. The van der Waals surface area contributed by atoms with Crippen LogP contribution in [0.4, 0.5) is 4.79 Å². The van der Waals surface area contributed by atoms with Gasteiger partial charge in [-0.25, -0.2) is 9.59 Å². The second-order valence-electron chi connectivity index (χ2n) is 4.97. The summed E-state index contributed by atoms with van der Waals surface area (Å²) in [6.07, 6.45) is -0.658. The number of carbonyl (C=O) groups excluding carboxylic acids is 1. The highest BCUT2D eigenvalue weighted by atomic mass is 16.5. The van der Waals surface area contributed by atoms with Crippen LogP contribution < -0.4 is 5.32 Å². The molecule has 108 valence electrons. The van der Waals surface area contributed by atoms with E-state index in [9.17, 15) is 14.4 Å². The van der Waals surface area contributed by atoms with Crippen LogP contribution in [0.2, 0.25) is 0 Å². The fourth-order valence-corrected chi connectivity index (χ4v) is 1.80. The molecule has 2 amide bonds. The predicted molar refractivity (Wildman–Crippen MR) is 63.8 cm³/mol. The Hall–Kier alpha value is -1.83. The summed E-state index contributed by atoms with van der Waals surface area (Å²) in [4.78, 5) is 34.7. The van der Waals surface area contributed by atoms with E-state index in [2.05, 4.69) is 5.32 Å². The van der Waals surface area contributed by atoms with E-state index in [0.29, 0.717) is 19.7 Å². The molecule has 1 rings (SSSR count). The third-order valence-electron chi connectivity index (χ3n) is 2.69. The fourth-order valence-electron chi connectivity index (χ4n) is 1.80. The molecular formula is C11H18N2O6. The van der Waals surface area contributed by atoms with Gasteiger partial charge in [0.2, 0.25) is 0 Å². The van der Waals surface area contributed by atoms with Gasteiger partial charge in [0, 0.05) is 6.54 Å². The van der Waals surface area contributed by atoms with Gasteiger partial charge < -0.3 is 25.2 Å². The monoisotopic (exact) mass is 274 g/mol. The summed E-state index contributed by atoms with van der Waals surface area (Å²) in [5, 5.41) is 19.6. The van der Waals surface area contributed by atoms with Crippen molar-refractivity contribution in [2.24, 2.45) is 0 Å². The maximum absolute atomic E-state index is 11.9. The van der Waals surface area contributed by atoms with E-state index in [1.807, 2.05) is 13.8 Å². The largest absolute Gasteiger partial charge is 0.481 e. The fraction of sp³-hybridized carbons (Fsp3) is 0.727. The normalized spacial score (nSPS) is 19.6. The number of aliphatic carboxylic acids is 2. The zero-order valence-electron chi connectivity index (χ0n) is 10.9. The molecule has 1 unspecified atom stereocenters. The number of urea groups is 1. The van der Waals surface area contributed by atoms with Gasteiger partial charge in [0.05, 0.1) is 25.2 Å². The van der Waals surface area contributed by atoms with Crippen molar-refractivity contribution in [1.82, 2.24) is 10.2 Å². The van der Waals surface area contributed by atoms with Gasteiger partial charge in [-0.15, -0.1) is 0 Å². The Morgan fingerprint density at radius 3 is 2.47 bits per heavy atom. The van der Waals surface area contributed by atoms with E-state index < -0.39 is 36.0 Å². The smallest absolute Gasteiger partial charge is 0.326 e. The van der Waals surface area contributed by atoms with Crippen LogP contribution in [0.3, 0.4) is 0 Å². The lowest BCUT2D eigenvalue weighted by molar-refractivity contribution is -0.145. The van der Waals surface area contributed by atoms with E-state index in [4.69, 9.17) is 14.9 Å². The summed E-state index contributed by atoms with van der Waals surface area (Å²) < 4.78 is 5.43. The Balaban J connectivity index is 2.61. The molecule has 1 aliphatic rings. The molecule has 19 heavy (non-hydrogen) atoms. The van der Waals surface area contributed by atoms with Gasteiger partial charge in [-0.3, -0.25) is 4.79 Å². The van der Waals surface area contributed by atoms with Crippen molar-refractivity contribution in [2.45, 2.75) is 31.9 Å². The molecular weight excluding hydrogens is 256 g/mol. The maximum Gasteiger partial charge on any atom is 0.326 e. The van der Waals surface area contributed by atoms with Crippen LogP contribution in [0, 0.1) is 0 Å². The second-order valence-corrected chi connectivity index (χ2v) is 4.97. The van der Waals surface area contributed by atoms with Gasteiger partial charge >= 0.3 is 18.0 Å². The number of nitrogens with zero attached hydrogens (tertiary/aromatic N) is 1. The summed E-state index contributed by atoms with van der Waals surface area (Å²) in [6, 6.07) is -2.03. The Morgan fingerprint density at radius 2 is 2.00 bits per heavy atom. The molecule has 0 aromatic carbocycles. The first-order chi connectivity index (χ1) is 8.71. The van der Waals surface area contributed by atoms with Crippen LogP contribution >= 0.6 is 0 Å². The Kier molecular flexibility index (Phi) is 4.71. The van der Waals surface area contributed by atoms with E-state index >= 15 is 0 Å².